The van der Waals surface area contributed by atoms with Crippen LogP contribution in [-0.4, -0.2) is 18.2 Å². The number of carbonyl (C=O) groups is 1. The lowest BCUT2D eigenvalue weighted by Gasteiger charge is -2.07. The Hall–Kier alpha value is -0.940. The number of halogens is 4. The highest BCUT2D eigenvalue weighted by molar-refractivity contribution is 7.98. The van der Waals surface area contributed by atoms with E-state index < -0.39 is 5.82 Å². The average molecular weight is 407 g/mol. The third-order valence-corrected chi connectivity index (χ3v) is 5.19. The summed E-state index contributed by atoms with van der Waals surface area (Å²) in [6, 6.07) is 9.82. The molecule has 0 unspecified atom stereocenters. The van der Waals surface area contributed by atoms with Gasteiger partial charge in [0.2, 0.25) is 5.91 Å². The molecule has 0 atom stereocenters. The third kappa shape index (κ3) is 6.17. The highest BCUT2D eigenvalue weighted by atomic mass is 35.5. The van der Waals surface area contributed by atoms with E-state index in [-0.39, 0.29) is 12.3 Å². The summed E-state index contributed by atoms with van der Waals surface area (Å²) in [7, 11) is 0. The summed E-state index contributed by atoms with van der Waals surface area (Å²) in [5.41, 5.74) is 1.41. The number of carbonyl (C=O) groups excluding carboxylic acids is 1. The van der Waals surface area contributed by atoms with Gasteiger partial charge in [0.1, 0.15) is 5.82 Å². The van der Waals surface area contributed by atoms with Gasteiger partial charge in [0.25, 0.3) is 0 Å². The molecule has 2 rings (SSSR count). The standard InChI is InChI=1S/C17H15Cl3FNOS/c18-13-3-2-12(16(21)9-13)8-17(23)22-5-6-24-10-11-1-4-14(19)15(20)7-11/h1-4,7,9H,5-6,8,10H2,(H,22,23). The third-order valence-electron chi connectivity index (χ3n) is 3.19. The van der Waals surface area contributed by atoms with Crippen LogP contribution in [-0.2, 0) is 17.0 Å². The predicted molar refractivity (Wildman–Crippen MR) is 101 cm³/mol. The molecule has 1 N–H and O–H groups in total. The highest BCUT2D eigenvalue weighted by Crippen LogP contribution is 2.24. The molecule has 0 saturated heterocycles. The Morgan fingerprint density at radius 3 is 2.58 bits per heavy atom. The van der Waals surface area contributed by atoms with Gasteiger partial charge in [-0.05, 0) is 35.4 Å². The average Bonchev–Trinajstić information content (AvgIpc) is 2.53. The Morgan fingerprint density at radius 2 is 1.88 bits per heavy atom. The Kier molecular flexibility index (Phi) is 7.69. The van der Waals surface area contributed by atoms with Crippen LogP contribution in [0.3, 0.4) is 0 Å². The van der Waals surface area contributed by atoms with E-state index >= 15 is 0 Å². The van der Waals surface area contributed by atoms with E-state index in [2.05, 4.69) is 5.32 Å². The van der Waals surface area contributed by atoms with Crippen LogP contribution in [0.4, 0.5) is 4.39 Å². The summed E-state index contributed by atoms with van der Waals surface area (Å²) in [6.45, 7) is 0.514. The van der Waals surface area contributed by atoms with Crippen molar-refractivity contribution in [2.75, 3.05) is 12.3 Å². The predicted octanol–water partition coefficient (Wildman–Crippen LogP) is 5.38. The van der Waals surface area contributed by atoms with Crippen molar-refractivity contribution >= 4 is 52.5 Å². The monoisotopic (exact) mass is 405 g/mol. The molecule has 0 aliphatic rings. The van der Waals surface area contributed by atoms with Crippen LogP contribution in [0.1, 0.15) is 11.1 Å². The van der Waals surface area contributed by atoms with Crippen LogP contribution in [0.15, 0.2) is 36.4 Å². The molecule has 0 radical (unpaired) electrons. The maximum absolute atomic E-state index is 13.6. The smallest absolute Gasteiger partial charge is 0.224 e. The molecule has 0 saturated carbocycles. The molecule has 0 spiro atoms. The van der Waals surface area contributed by atoms with Gasteiger partial charge in [0.05, 0.1) is 16.5 Å². The van der Waals surface area contributed by atoms with Crippen LogP contribution >= 0.6 is 46.6 Å². The lowest BCUT2D eigenvalue weighted by Crippen LogP contribution is -2.27. The summed E-state index contributed by atoms with van der Waals surface area (Å²) < 4.78 is 13.6. The minimum Gasteiger partial charge on any atom is -0.355 e. The molecule has 0 heterocycles. The fourth-order valence-corrected chi connectivity index (χ4v) is 3.27. The Morgan fingerprint density at radius 1 is 1.08 bits per heavy atom. The second-order valence-electron chi connectivity index (χ2n) is 5.06. The second-order valence-corrected chi connectivity index (χ2v) is 7.42. The molecule has 2 aromatic rings. The van der Waals surface area contributed by atoms with E-state index in [1.807, 2.05) is 12.1 Å². The van der Waals surface area contributed by atoms with E-state index in [4.69, 9.17) is 34.8 Å². The van der Waals surface area contributed by atoms with Crippen LogP contribution in [0, 0.1) is 5.82 Å². The molecule has 2 aromatic carbocycles. The first-order valence-corrected chi connectivity index (χ1v) is 9.47. The summed E-state index contributed by atoms with van der Waals surface area (Å²) >= 11 is 19.2. The number of hydrogen-bond donors (Lipinski definition) is 1. The van der Waals surface area contributed by atoms with Crippen molar-refractivity contribution in [1.29, 1.82) is 0 Å². The fourth-order valence-electron chi connectivity index (χ4n) is 1.98. The Labute approximate surface area is 159 Å². The zero-order valence-electron chi connectivity index (χ0n) is 12.6. The molecule has 7 heteroatoms. The molecule has 0 fully saturated rings. The van der Waals surface area contributed by atoms with Gasteiger partial charge in [-0.15, -0.1) is 0 Å². The maximum atomic E-state index is 13.6. The van der Waals surface area contributed by atoms with E-state index in [0.717, 1.165) is 17.1 Å². The lowest BCUT2D eigenvalue weighted by atomic mass is 10.1. The number of amides is 1. The van der Waals surface area contributed by atoms with E-state index in [1.54, 1.807) is 23.9 Å². The SMILES string of the molecule is O=C(Cc1ccc(Cl)cc1F)NCCSCc1ccc(Cl)c(Cl)c1. The zero-order chi connectivity index (χ0) is 17.5. The Bertz CT molecular complexity index is 727. The number of benzene rings is 2. The van der Waals surface area contributed by atoms with Gasteiger partial charge in [-0.2, -0.15) is 11.8 Å². The summed E-state index contributed by atoms with van der Waals surface area (Å²) in [5.74, 6) is 0.839. The lowest BCUT2D eigenvalue weighted by molar-refractivity contribution is -0.120. The largest absolute Gasteiger partial charge is 0.355 e. The molecular formula is C17H15Cl3FNOS. The number of hydrogen-bond acceptors (Lipinski definition) is 2. The minimum atomic E-state index is -0.466. The van der Waals surface area contributed by atoms with Crippen LogP contribution in [0.25, 0.3) is 0 Å². The van der Waals surface area contributed by atoms with Gasteiger partial charge in [-0.3, -0.25) is 4.79 Å². The Balaban J connectivity index is 1.68. The van der Waals surface area contributed by atoms with E-state index in [1.165, 1.54) is 12.1 Å². The van der Waals surface area contributed by atoms with Gasteiger partial charge in [-0.25, -0.2) is 4.39 Å². The quantitative estimate of drug-likeness (QED) is 0.626. The van der Waals surface area contributed by atoms with Crippen molar-refractivity contribution < 1.29 is 9.18 Å². The highest BCUT2D eigenvalue weighted by Gasteiger charge is 2.08. The van der Waals surface area contributed by atoms with Crippen molar-refractivity contribution in [2.45, 2.75) is 12.2 Å². The van der Waals surface area contributed by atoms with Crippen molar-refractivity contribution in [1.82, 2.24) is 5.32 Å². The molecule has 0 aliphatic heterocycles. The van der Waals surface area contributed by atoms with Crippen LogP contribution < -0.4 is 5.32 Å². The van der Waals surface area contributed by atoms with Gasteiger partial charge in [0.15, 0.2) is 0 Å². The molecule has 128 valence electrons. The van der Waals surface area contributed by atoms with Gasteiger partial charge in [0, 0.05) is 23.1 Å². The van der Waals surface area contributed by atoms with Gasteiger partial charge in [-0.1, -0.05) is 46.9 Å². The normalized spacial score (nSPS) is 10.7. The first-order valence-electron chi connectivity index (χ1n) is 7.18. The van der Waals surface area contributed by atoms with Crippen molar-refractivity contribution in [3.63, 3.8) is 0 Å². The summed E-state index contributed by atoms with van der Waals surface area (Å²) in [4.78, 5) is 11.8. The molecule has 0 bridgehead atoms. The number of thioether (sulfide) groups is 1. The first-order chi connectivity index (χ1) is 11.5. The molecule has 24 heavy (non-hydrogen) atoms. The first kappa shape index (κ1) is 19.4. The zero-order valence-corrected chi connectivity index (χ0v) is 15.7. The second kappa shape index (κ2) is 9.52. The molecule has 0 aliphatic carbocycles. The van der Waals surface area contributed by atoms with Gasteiger partial charge >= 0.3 is 0 Å². The number of nitrogens with one attached hydrogen (secondary N) is 1. The van der Waals surface area contributed by atoms with Crippen molar-refractivity contribution in [3.8, 4) is 0 Å². The van der Waals surface area contributed by atoms with Gasteiger partial charge < -0.3 is 5.32 Å². The summed E-state index contributed by atoms with van der Waals surface area (Å²) in [6.07, 6.45) is 0.000458. The van der Waals surface area contributed by atoms with Crippen molar-refractivity contribution in [3.05, 3.63) is 68.4 Å². The van der Waals surface area contributed by atoms with Crippen LogP contribution in [0.2, 0.25) is 15.1 Å². The van der Waals surface area contributed by atoms with E-state index in [0.29, 0.717) is 27.2 Å². The number of rotatable bonds is 7. The van der Waals surface area contributed by atoms with E-state index in [9.17, 15) is 9.18 Å². The fraction of sp³-hybridized carbons (Fsp3) is 0.235. The summed E-state index contributed by atoms with van der Waals surface area (Å²) in [5, 5.41) is 4.16. The minimum absolute atomic E-state index is 0.000458. The topological polar surface area (TPSA) is 29.1 Å². The molecule has 0 aromatic heterocycles. The molecular weight excluding hydrogens is 392 g/mol. The van der Waals surface area contributed by atoms with Crippen LogP contribution in [0.5, 0.6) is 0 Å². The molecule has 2 nitrogen and oxygen atoms in total. The molecule has 1 amide bonds. The maximum Gasteiger partial charge on any atom is 0.224 e. The van der Waals surface area contributed by atoms with Crippen molar-refractivity contribution in [2.24, 2.45) is 0 Å².